The van der Waals surface area contributed by atoms with Gasteiger partial charge in [0.1, 0.15) is 12.4 Å². The van der Waals surface area contributed by atoms with Crippen LogP contribution in [0.3, 0.4) is 0 Å². The van der Waals surface area contributed by atoms with Crippen LogP contribution in [-0.4, -0.2) is 36.8 Å². The first-order valence-corrected chi connectivity index (χ1v) is 10.9. The smallest absolute Gasteiger partial charge is 0.338 e. The lowest BCUT2D eigenvalue weighted by molar-refractivity contribution is -0.124. The molecule has 1 N–H and O–H groups in total. The summed E-state index contributed by atoms with van der Waals surface area (Å²) in [4.78, 5) is 24.4. The number of nitrogens with one attached hydrogen (secondary N) is 1. The highest BCUT2D eigenvalue weighted by molar-refractivity contribution is 5.92. The highest BCUT2D eigenvalue weighted by atomic mass is 16.5. The first kappa shape index (κ1) is 25.2. The van der Waals surface area contributed by atoms with E-state index in [2.05, 4.69) is 24.3 Å². The number of aromatic nitrogens is 1. The summed E-state index contributed by atoms with van der Waals surface area (Å²) in [5.74, 6) is 1.26. The summed E-state index contributed by atoms with van der Waals surface area (Å²) >= 11 is 0. The summed E-state index contributed by atoms with van der Waals surface area (Å²) in [5, 5.41) is 6.76. The molecule has 0 aliphatic carbocycles. The van der Waals surface area contributed by atoms with E-state index in [0.29, 0.717) is 23.2 Å². The number of esters is 1. The molecular weight excluding hydrogens is 412 g/mol. The minimum Gasteiger partial charge on any atom is -0.493 e. The number of rotatable bonds is 12. The highest BCUT2D eigenvalue weighted by Gasteiger charge is 2.16. The van der Waals surface area contributed by atoms with Gasteiger partial charge in [-0.05, 0) is 51.3 Å². The lowest BCUT2D eigenvalue weighted by Gasteiger charge is -2.15. The minimum absolute atomic E-state index is 0.0363. The molecule has 0 saturated carbocycles. The Bertz CT molecular complexity index is 886. The standard InChI is InChI=1S/C24H34N2O6/c1-15(2)8-7-9-16(3)25-23(27)14-31-24(28)19-10-11-21(22(12-19)29-6)30-13-20-17(4)26-32-18(20)5/h10-12,15-16H,7-9,13-14H2,1-6H3,(H,25,27). The average molecular weight is 447 g/mol. The number of hydrogen-bond acceptors (Lipinski definition) is 7. The van der Waals surface area contributed by atoms with E-state index in [-0.39, 0.29) is 30.7 Å². The van der Waals surface area contributed by atoms with E-state index in [1.54, 1.807) is 12.1 Å². The molecule has 32 heavy (non-hydrogen) atoms. The summed E-state index contributed by atoms with van der Waals surface area (Å²) < 4.78 is 21.5. The van der Waals surface area contributed by atoms with Crippen LogP contribution in [0.4, 0.5) is 0 Å². The van der Waals surface area contributed by atoms with E-state index in [1.807, 2.05) is 20.8 Å². The number of amides is 1. The molecule has 2 rings (SSSR count). The fourth-order valence-electron chi connectivity index (χ4n) is 3.21. The number of hydrogen-bond donors (Lipinski definition) is 1. The molecule has 0 aliphatic heterocycles. The van der Waals surface area contributed by atoms with E-state index >= 15 is 0 Å². The van der Waals surface area contributed by atoms with Crippen molar-refractivity contribution >= 4 is 11.9 Å². The van der Waals surface area contributed by atoms with E-state index in [1.165, 1.54) is 13.2 Å². The van der Waals surface area contributed by atoms with Crippen LogP contribution in [0, 0.1) is 19.8 Å². The van der Waals surface area contributed by atoms with E-state index < -0.39 is 5.97 Å². The Morgan fingerprint density at radius 3 is 2.50 bits per heavy atom. The van der Waals surface area contributed by atoms with E-state index in [0.717, 1.165) is 30.5 Å². The van der Waals surface area contributed by atoms with Crippen LogP contribution in [0.15, 0.2) is 22.7 Å². The topological polar surface area (TPSA) is 99.9 Å². The Balaban J connectivity index is 1.87. The zero-order valence-electron chi connectivity index (χ0n) is 19.8. The summed E-state index contributed by atoms with van der Waals surface area (Å²) in [6, 6.07) is 4.76. The van der Waals surface area contributed by atoms with Gasteiger partial charge in [-0.3, -0.25) is 4.79 Å². The van der Waals surface area contributed by atoms with Gasteiger partial charge in [0, 0.05) is 6.04 Å². The van der Waals surface area contributed by atoms with Gasteiger partial charge in [0.25, 0.3) is 5.91 Å². The maximum atomic E-state index is 12.4. The molecule has 1 aromatic carbocycles. The van der Waals surface area contributed by atoms with Crippen molar-refractivity contribution in [3.63, 3.8) is 0 Å². The molecule has 1 atom stereocenters. The second kappa shape index (κ2) is 12.1. The number of methoxy groups -OCH3 is 1. The van der Waals surface area contributed by atoms with Crippen LogP contribution in [0.5, 0.6) is 11.5 Å². The maximum absolute atomic E-state index is 12.4. The number of ether oxygens (including phenoxy) is 3. The molecule has 8 nitrogen and oxygen atoms in total. The van der Waals surface area contributed by atoms with Crippen molar-refractivity contribution in [2.45, 2.75) is 66.5 Å². The first-order chi connectivity index (χ1) is 15.2. The Labute approximate surface area is 189 Å². The molecule has 1 unspecified atom stereocenters. The van der Waals surface area contributed by atoms with Crippen molar-refractivity contribution < 1.29 is 28.3 Å². The number of carbonyl (C=O) groups is 2. The SMILES string of the molecule is COc1cc(C(=O)OCC(=O)NC(C)CCCC(C)C)ccc1OCc1c(C)noc1C. The molecule has 0 saturated heterocycles. The Kier molecular flexibility index (Phi) is 9.56. The zero-order chi connectivity index (χ0) is 23.7. The molecular formula is C24H34N2O6. The molecule has 0 radical (unpaired) electrons. The summed E-state index contributed by atoms with van der Waals surface area (Å²) in [6.45, 7) is 9.89. The van der Waals surface area contributed by atoms with Crippen molar-refractivity contribution in [1.82, 2.24) is 10.5 Å². The Morgan fingerprint density at radius 1 is 1.12 bits per heavy atom. The molecule has 176 valence electrons. The molecule has 8 heteroatoms. The van der Waals surface area contributed by atoms with Gasteiger partial charge >= 0.3 is 5.97 Å². The van der Waals surface area contributed by atoms with Crippen LogP contribution in [0.25, 0.3) is 0 Å². The fourth-order valence-corrected chi connectivity index (χ4v) is 3.21. The summed E-state index contributed by atoms with van der Waals surface area (Å²) in [6.07, 6.45) is 3.06. The van der Waals surface area contributed by atoms with Crippen LogP contribution in [-0.2, 0) is 16.1 Å². The van der Waals surface area contributed by atoms with Gasteiger partial charge < -0.3 is 24.1 Å². The van der Waals surface area contributed by atoms with Crippen LogP contribution in [0.1, 0.15) is 67.4 Å². The second-order valence-electron chi connectivity index (χ2n) is 8.33. The summed E-state index contributed by atoms with van der Waals surface area (Å²) in [5.41, 5.74) is 1.89. The third-order valence-corrected chi connectivity index (χ3v) is 5.11. The third kappa shape index (κ3) is 7.59. The molecule has 1 aromatic heterocycles. The predicted octanol–water partition coefficient (Wildman–Crippen LogP) is 4.37. The monoisotopic (exact) mass is 446 g/mol. The van der Waals surface area contributed by atoms with Crippen molar-refractivity contribution in [2.24, 2.45) is 5.92 Å². The van der Waals surface area contributed by atoms with Gasteiger partial charge in [-0.1, -0.05) is 31.8 Å². The van der Waals surface area contributed by atoms with Crippen LogP contribution >= 0.6 is 0 Å². The normalized spacial score (nSPS) is 11.8. The zero-order valence-corrected chi connectivity index (χ0v) is 19.8. The van der Waals surface area contributed by atoms with Gasteiger partial charge in [-0.25, -0.2) is 4.79 Å². The second-order valence-corrected chi connectivity index (χ2v) is 8.33. The molecule has 0 fully saturated rings. The van der Waals surface area contributed by atoms with Crippen molar-refractivity contribution in [3.8, 4) is 11.5 Å². The largest absolute Gasteiger partial charge is 0.493 e. The van der Waals surface area contributed by atoms with Crippen molar-refractivity contribution in [1.29, 1.82) is 0 Å². The van der Waals surface area contributed by atoms with E-state index in [4.69, 9.17) is 18.7 Å². The fraction of sp³-hybridized carbons (Fsp3) is 0.542. The molecule has 0 spiro atoms. The molecule has 0 bridgehead atoms. The third-order valence-electron chi connectivity index (χ3n) is 5.11. The molecule has 1 heterocycles. The Morgan fingerprint density at radius 2 is 1.88 bits per heavy atom. The van der Waals surface area contributed by atoms with Crippen LogP contribution in [0.2, 0.25) is 0 Å². The summed E-state index contributed by atoms with van der Waals surface area (Å²) in [7, 11) is 1.49. The van der Waals surface area contributed by atoms with Gasteiger partial charge in [0.2, 0.25) is 0 Å². The molecule has 2 aromatic rings. The number of nitrogens with zero attached hydrogens (tertiary/aromatic N) is 1. The number of benzene rings is 1. The maximum Gasteiger partial charge on any atom is 0.338 e. The van der Waals surface area contributed by atoms with Gasteiger partial charge in [0.15, 0.2) is 18.1 Å². The van der Waals surface area contributed by atoms with Crippen molar-refractivity contribution in [3.05, 3.63) is 40.8 Å². The molecule has 1 amide bonds. The quantitative estimate of drug-likeness (QED) is 0.483. The Hall–Kier alpha value is -3.03. The number of aryl methyl sites for hydroxylation is 2. The van der Waals surface area contributed by atoms with E-state index in [9.17, 15) is 9.59 Å². The predicted molar refractivity (Wildman–Crippen MR) is 120 cm³/mol. The van der Waals surface area contributed by atoms with Gasteiger partial charge in [0.05, 0.1) is 23.9 Å². The lowest BCUT2D eigenvalue weighted by atomic mass is 10.0. The van der Waals surface area contributed by atoms with Crippen molar-refractivity contribution in [2.75, 3.05) is 13.7 Å². The highest BCUT2D eigenvalue weighted by Crippen LogP contribution is 2.29. The minimum atomic E-state index is -0.608. The van der Waals surface area contributed by atoms with Gasteiger partial charge in [-0.2, -0.15) is 0 Å². The lowest BCUT2D eigenvalue weighted by Crippen LogP contribution is -2.35. The number of carbonyl (C=O) groups excluding carboxylic acids is 2. The molecule has 0 aliphatic rings. The van der Waals surface area contributed by atoms with Crippen LogP contribution < -0.4 is 14.8 Å². The average Bonchev–Trinajstić information content (AvgIpc) is 3.07. The first-order valence-electron chi connectivity index (χ1n) is 10.9. The van der Waals surface area contributed by atoms with Gasteiger partial charge in [-0.15, -0.1) is 0 Å².